The summed E-state index contributed by atoms with van der Waals surface area (Å²) < 4.78 is 7.07. The first kappa shape index (κ1) is 18.2. The van der Waals surface area contributed by atoms with E-state index in [-0.39, 0.29) is 19.1 Å². The Labute approximate surface area is 142 Å². The zero-order valence-corrected chi connectivity index (χ0v) is 14.4. The lowest BCUT2D eigenvalue weighted by molar-refractivity contribution is 0.0259. The molecule has 2 rings (SSSR count). The number of para-hydroxylation sites is 1. The van der Waals surface area contributed by atoms with Gasteiger partial charge < -0.3 is 15.2 Å². The average molecular weight is 331 g/mol. The van der Waals surface area contributed by atoms with Crippen molar-refractivity contribution in [1.29, 1.82) is 0 Å². The van der Waals surface area contributed by atoms with E-state index in [9.17, 15) is 9.90 Å². The lowest BCUT2D eigenvalue weighted by Gasteiger charge is -2.13. The molecule has 1 heterocycles. The monoisotopic (exact) mass is 331 g/mol. The van der Waals surface area contributed by atoms with Crippen molar-refractivity contribution in [3.05, 3.63) is 47.8 Å². The molecule has 0 aliphatic rings. The summed E-state index contributed by atoms with van der Waals surface area (Å²) in [6.45, 7) is 6.90. The molecule has 0 radical (unpaired) electrons. The molecular formula is C18H25N3O3. The van der Waals surface area contributed by atoms with Gasteiger partial charge in [-0.3, -0.25) is 4.79 Å². The first-order valence-corrected chi connectivity index (χ1v) is 8.13. The van der Waals surface area contributed by atoms with Crippen LogP contribution in [0.5, 0.6) is 0 Å². The zero-order chi connectivity index (χ0) is 17.5. The lowest BCUT2D eigenvalue weighted by Crippen LogP contribution is -2.35. The molecule has 1 amide bonds. The van der Waals surface area contributed by atoms with Crippen LogP contribution in [0, 0.1) is 12.8 Å². The summed E-state index contributed by atoms with van der Waals surface area (Å²) in [5, 5.41) is 16.8. The largest absolute Gasteiger partial charge is 0.389 e. The SMILES string of the molecule is Cc1cc(C(=O)NCC(O)COCC(C)C)nn1-c1ccccc1. The van der Waals surface area contributed by atoms with Gasteiger partial charge in [-0.1, -0.05) is 32.0 Å². The van der Waals surface area contributed by atoms with Crippen LogP contribution in [0.15, 0.2) is 36.4 Å². The summed E-state index contributed by atoms with van der Waals surface area (Å²) >= 11 is 0. The third-order valence-corrected chi connectivity index (χ3v) is 3.38. The van der Waals surface area contributed by atoms with Crippen molar-refractivity contribution < 1.29 is 14.6 Å². The lowest BCUT2D eigenvalue weighted by atomic mass is 10.2. The number of nitrogens with zero attached hydrogens (tertiary/aromatic N) is 2. The Bertz CT molecular complexity index is 653. The van der Waals surface area contributed by atoms with E-state index in [4.69, 9.17) is 4.74 Å². The number of carbonyl (C=O) groups excluding carboxylic acids is 1. The van der Waals surface area contributed by atoms with Crippen molar-refractivity contribution in [2.45, 2.75) is 26.9 Å². The molecule has 2 aromatic rings. The molecule has 24 heavy (non-hydrogen) atoms. The number of amides is 1. The normalized spacial score (nSPS) is 12.4. The van der Waals surface area contributed by atoms with Crippen LogP contribution in [0.4, 0.5) is 0 Å². The summed E-state index contributed by atoms with van der Waals surface area (Å²) in [7, 11) is 0. The molecule has 1 atom stereocenters. The van der Waals surface area contributed by atoms with Gasteiger partial charge in [-0.2, -0.15) is 5.10 Å². The van der Waals surface area contributed by atoms with Crippen LogP contribution in [-0.2, 0) is 4.74 Å². The molecule has 6 nitrogen and oxygen atoms in total. The Balaban J connectivity index is 1.89. The van der Waals surface area contributed by atoms with Crippen molar-refractivity contribution in [3.63, 3.8) is 0 Å². The predicted molar refractivity (Wildman–Crippen MR) is 92.3 cm³/mol. The Morgan fingerprint density at radius 2 is 2.00 bits per heavy atom. The number of aliphatic hydroxyl groups excluding tert-OH is 1. The topological polar surface area (TPSA) is 76.4 Å². The van der Waals surface area contributed by atoms with E-state index in [0.29, 0.717) is 18.2 Å². The van der Waals surface area contributed by atoms with Crippen molar-refractivity contribution in [3.8, 4) is 5.69 Å². The molecule has 130 valence electrons. The number of aliphatic hydroxyl groups is 1. The van der Waals surface area contributed by atoms with Crippen molar-refractivity contribution in [1.82, 2.24) is 15.1 Å². The van der Waals surface area contributed by atoms with Gasteiger partial charge in [0.05, 0.1) is 18.4 Å². The first-order valence-electron chi connectivity index (χ1n) is 8.13. The fourth-order valence-electron chi connectivity index (χ4n) is 2.22. The van der Waals surface area contributed by atoms with Crippen LogP contribution in [0.1, 0.15) is 30.0 Å². The number of rotatable bonds is 8. The van der Waals surface area contributed by atoms with E-state index < -0.39 is 6.10 Å². The predicted octanol–water partition coefficient (Wildman–Crippen LogP) is 1.94. The summed E-state index contributed by atoms with van der Waals surface area (Å²) in [4.78, 5) is 12.2. The second kappa shape index (κ2) is 8.61. The second-order valence-electron chi connectivity index (χ2n) is 6.21. The van der Waals surface area contributed by atoms with Gasteiger partial charge in [-0.25, -0.2) is 4.68 Å². The highest BCUT2D eigenvalue weighted by molar-refractivity contribution is 5.92. The van der Waals surface area contributed by atoms with Gasteiger partial charge in [0.2, 0.25) is 0 Å². The fraction of sp³-hybridized carbons (Fsp3) is 0.444. The van der Waals surface area contributed by atoms with E-state index in [0.717, 1.165) is 11.4 Å². The molecule has 0 aliphatic heterocycles. The van der Waals surface area contributed by atoms with Crippen molar-refractivity contribution in [2.75, 3.05) is 19.8 Å². The summed E-state index contributed by atoms with van der Waals surface area (Å²) in [5.74, 6) is 0.104. The minimum atomic E-state index is -0.731. The Hall–Kier alpha value is -2.18. The molecule has 0 bridgehead atoms. The fourth-order valence-corrected chi connectivity index (χ4v) is 2.22. The van der Waals surface area contributed by atoms with Crippen molar-refractivity contribution in [2.24, 2.45) is 5.92 Å². The van der Waals surface area contributed by atoms with Crippen LogP contribution >= 0.6 is 0 Å². The standard InChI is InChI=1S/C18H25N3O3/c1-13(2)11-24-12-16(22)10-19-18(23)17-9-14(3)21(20-17)15-7-5-4-6-8-15/h4-9,13,16,22H,10-12H2,1-3H3,(H,19,23). The third-order valence-electron chi connectivity index (χ3n) is 3.38. The van der Waals surface area contributed by atoms with Gasteiger partial charge >= 0.3 is 0 Å². The second-order valence-corrected chi connectivity index (χ2v) is 6.21. The highest BCUT2D eigenvalue weighted by Gasteiger charge is 2.14. The molecule has 0 spiro atoms. The van der Waals surface area contributed by atoms with Crippen LogP contribution in [0.2, 0.25) is 0 Å². The van der Waals surface area contributed by atoms with Crippen LogP contribution < -0.4 is 5.32 Å². The van der Waals surface area contributed by atoms with Gasteiger partial charge in [0.1, 0.15) is 0 Å². The van der Waals surface area contributed by atoms with E-state index in [1.807, 2.05) is 51.1 Å². The number of hydrogen-bond donors (Lipinski definition) is 2. The molecule has 2 N–H and O–H groups in total. The zero-order valence-electron chi connectivity index (χ0n) is 14.4. The summed E-state index contributed by atoms with van der Waals surface area (Å²) in [6, 6.07) is 11.4. The van der Waals surface area contributed by atoms with Gasteiger partial charge in [0, 0.05) is 18.8 Å². The number of aromatic nitrogens is 2. The van der Waals surface area contributed by atoms with Crippen LogP contribution in [-0.4, -0.2) is 46.7 Å². The number of carbonyl (C=O) groups is 1. The molecule has 6 heteroatoms. The number of ether oxygens (including phenoxy) is 1. The van der Waals surface area contributed by atoms with Gasteiger partial charge in [0.25, 0.3) is 5.91 Å². The highest BCUT2D eigenvalue weighted by Crippen LogP contribution is 2.11. The molecule has 0 fully saturated rings. The molecule has 0 aliphatic carbocycles. The molecular weight excluding hydrogens is 306 g/mol. The van der Waals surface area contributed by atoms with Gasteiger partial charge in [0.15, 0.2) is 5.69 Å². The van der Waals surface area contributed by atoms with Crippen molar-refractivity contribution >= 4 is 5.91 Å². The maximum Gasteiger partial charge on any atom is 0.271 e. The Morgan fingerprint density at radius 3 is 2.67 bits per heavy atom. The average Bonchev–Trinajstić information content (AvgIpc) is 2.95. The van der Waals surface area contributed by atoms with E-state index in [1.165, 1.54) is 0 Å². The summed E-state index contributed by atoms with van der Waals surface area (Å²) in [6.07, 6.45) is -0.731. The molecule has 1 aromatic carbocycles. The number of aryl methyl sites for hydroxylation is 1. The minimum absolute atomic E-state index is 0.133. The van der Waals surface area contributed by atoms with Crippen LogP contribution in [0.25, 0.3) is 5.69 Å². The summed E-state index contributed by atoms with van der Waals surface area (Å²) in [5.41, 5.74) is 2.09. The number of hydrogen-bond acceptors (Lipinski definition) is 4. The third kappa shape index (κ3) is 5.18. The quantitative estimate of drug-likeness (QED) is 0.775. The van der Waals surface area contributed by atoms with E-state index in [2.05, 4.69) is 10.4 Å². The molecule has 1 aromatic heterocycles. The smallest absolute Gasteiger partial charge is 0.271 e. The molecule has 0 saturated heterocycles. The molecule has 1 unspecified atom stereocenters. The number of nitrogens with one attached hydrogen (secondary N) is 1. The highest BCUT2D eigenvalue weighted by atomic mass is 16.5. The maximum absolute atomic E-state index is 12.2. The first-order chi connectivity index (χ1) is 11.5. The molecule has 0 saturated carbocycles. The Morgan fingerprint density at radius 1 is 1.29 bits per heavy atom. The van der Waals surface area contributed by atoms with E-state index >= 15 is 0 Å². The number of benzene rings is 1. The van der Waals surface area contributed by atoms with E-state index in [1.54, 1.807) is 10.7 Å². The minimum Gasteiger partial charge on any atom is -0.389 e. The van der Waals surface area contributed by atoms with Gasteiger partial charge in [-0.05, 0) is 31.0 Å². The Kier molecular flexibility index (Phi) is 6.52. The van der Waals surface area contributed by atoms with Crippen LogP contribution in [0.3, 0.4) is 0 Å². The maximum atomic E-state index is 12.2. The van der Waals surface area contributed by atoms with Gasteiger partial charge in [-0.15, -0.1) is 0 Å².